The molecule has 1 unspecified atom stereocenters. The Morgan fingerprint density at radius 3 is 2.37 bits per heavy atom. The molecule has 3 heterocycles. The van der Waals surface area contributed by atoms with Gasteiger partial charge in [-0.1, -0.05) is 0 Å². The smallest absolute Gasteiger partial charge is 0.416 e. The fourth-order valence-corrected chi connectivity index (χ4v) is 4.27. The minimum absolute atomic E-state index is 0.000611. The van der Waals surface area contributed by atoms with Crippen molar-refractivity contribution in [3.05, 3.63) is 52.3 Å². The molecule has 4 rings (SSSR count). The van der Waals surface area contributed by atoms with Crippen LogP contribution in [0.15, 0.2) is 24.3 Å². The van der Waals surface area contributed by atoms with Gasteiger partial charge >= 0.3 is 18.4 Å². The van der Waals surface area contributed by atoms with Crippen molar-refractivity contribution in [1.82, 2.24) is 24.9 Å². The van der Waals surface area contributed by atoms with Crippen molar-refractivity contribution in [2.75, 3.05) is 26.2 Å². The van der Waals surface area contributed by atoms with Gasteiger partial charge in [-0.15, -0.1) is 0 Å². The van der Waals surface area contributed by atoms with E-state index in [1.807, 2.05) is 0 Å². The number of nitriles is 1. The second-order valence-electron chi connectivity index (χ2n) is 8.84. The lowest BCUT2D eigenvalue weighted by Gasteiger charge is -2.31. The van der Waals surface area contributed by atoms with E-state index in [0.29, 0.717) is 50.4 Å². The van der Waals surface area contributed by atoms with E-state index in [4.69, 9.17) is 4.74 Å². The Morgan fingerprint density at radius 1 is 1.05 bits per heavy atom. The van der Waals surface area contributed by atoms with Crippen LogP contribution < -0.4 is 5.32 Å². The van der Waals surface area contributed by atoms with E-state index in [9.17, 15) is 41.2 Å². The minimum atomic E-state index is -5.02. The summed E-state index contributed by atoms with van der Waals surface area (Å²) in [6, 6.07) is 3.91. The maximum absolute atomic E-state index is 13.1. The molecule has 1 fully saturated rings. The van der Waals surface area contributed by atoms with E-state index >= 15 is 0 Å². The fourth-order valence-electron chi connectivity index (χ4n) is 4.27. The van der Waals surface area contributed by atoms with E-state index in [0.717, 1.165) is 0 Å². The molecule has 1 saturated heterocycles. The van der Waals surface area contributed by atoms with Crippen molar-refractivity contribution in [2.45, 2.75) is 44.5 Å². The van der Waals surface area contributed by atoms with Crippen LogP contribution in [0.2, 0.25) is 0 Å². The summed E-state index contributed by atoms with van der Waals surface area (Å²) in [5, 5.41) is 16.7. The number of carbonyl (C=O) groups excluding carboxylic acids is 2. The van der Waals surface area contributed by atoms with Crippen LogP contribution in [0, 0.1) is 11.3 Å². The van der Waals surface area contributed by atoms with Gasteiger partial charge in [-0.3, -0.25) is 9.48 Å². The third-order valence-corrected chi connectivity index (χ3v) is 6.15. The highest BCUT2D eigenvalue weighted by molar-refractivity contribution is 5.93. The molecule has 0 saturated carbocycles. The second kappa shape index (κ2) is 10.5. The first-order chi connectivity index (χ1) is 17.9. The molecule has 38 heavy (non-hydrogen) atoms. The normalized spacial score (nSPS) is 18.4. The first kappa shape index (κ1) is 27.2. The van der Waals surface area contributed by atoms with Gasteiger partial charge < -0.3 is 19.9 Å². The zero-order valence-electron chi connectivity index (χ0n) is 19.8. The van der Waals surface area contributed by atoms with Gasteiger partial charge in [-0.05, 0) is 36.2 Å². The summed E-state index contributed by atoms with van der Waals surface area (Å²) >= 11 is 0. The summed E-state index contributed by atoms with van der Waals surface area (Å²) in [6.45, 7) is 0.874. The maximum Gasteiger partial charge on any atom is 0.416 e. The van der Waals surface area contributed by atoms with Crippen molar-refractivity contribution in [2.24, 2.45) is 0 Å². The molecule has 2 aliphatic rings. The van der Waals surface area contributed by atoms with Gasteiger partial charge in [-0.2, -0.15) is 36.7 Å². The van der Waals surface area contributed by atoms with Gasteiger partial charge in [0.2, 0.25) is 0 Å². The average molecular weight is 544 g/mol. The van der Waals surface area contributed by atoms with Gasteiger partial charge in [0, 0.05) is 32.7 Å². The summed E-state index contributed by atoms with van der Waals surface area (Å²) in [7, 11) is 0. The first-order valence-corrected chi connectivity index (χ1v) is 11.5. The van der Waals surface area contributed by atoms with E-state index in [1.165, 1.54) is 15.9 Å². The summed E-state index contributed by atoms with van der Waals surface area (Å²) in [5.74, 6) is -0.433. The Kier molecular flexibility index (Phi) is 7.54. The molecule has 1 N–H and O–H groups in total. The third-order valence-electron chi connectivity index (χ3n) is 6.15. The fraction of sp³-hybridized carbons (Fsp3) is 0.478. The number of benzene rings is 1. The molecule has 0 radical (unpaired) electrons. The average Bonchev–Trinajstić information content (AvgIpc) is 3.16. The van der Waals surface area contributed by atoms with Gasteiger partial charge in [0.15, 0.2) is 5.69 Å². The molecule has 1 atom stereocenters. The Morgan fingerprint density at radius 2 is 1.74 bits per heavy atom. The molecule has 0 aliphatic carbocycles. The summed E-state index contributed by atoms with van der Waals surface area (Å²) < 4.78 is 85.2. The highest BCUT2D eigenvalue weighted by Crippen LogP contribution is 2.36. The molecule has 0 spiro atoms. The number of rotatable bonds is 3. The second-order valence-corrected chi connectivity index (χ2v) is 8.84. The number of piperazine rings is 1. The van der Waals surface area contributed by atoms with E-state index in [2.05, 4.69) is 16.5 Å². The molecule has 9 nitrogen and oxygen atoms in total. The van der Waals surface area contributed by atoms with Crippen molar-refractivity contribution in [3.63, 3.8) is 0 Å². The van der Waals surface area contributed by atoms with Gasteiger partial charge in [0.25, 0.3) is 5.91 Å². The summed E-state index contributed by atoms with van der Waals surface area (Å²) in [6.07, 6.45) is -10.6. The van der Waals surface area contributed by atoms with Crippen LogP contribution in [-0.2, 0) is 36.8 Å². The summed E-state index contributed by atoms with van der Waals surface area (Å²) in [4.78, 5) is 28.3. The third kappa shape index (κ3) is 6.01. The topological polar surface area (TPSA) is 103 Å². The van der Waals surface area contributed by atoms with Crippen LogP contribution in [-0.4, -0.2) is 63.8 Å². The number of halogens is 6. The van der Waals surface area contributed by atoms with Crippen LogP contribution in [0.25, 0.3) is 0 Å². The molecular formula is C23H22F6N6O3. The van der Waals surface area contributed by atoms with E-state index < -0.39 is 53.7 Å². The lowest BCUT2D eigenvalue weighted by molar-refractivity contribution is -0.143. The van der Waals surface area contributed by atoms with Crippen LogP contribution in [0.3, 0.4) is 0 Å². The highest BCUT2D eigenvalue weighted by Gasteiger charge is 2.37. The minimum Gasteiger partial charge on any atom is -0.445 e. The molecular weight excluding hydrogens is 522 g/mol. The number of hydrogen-bond acceptors (Lipinski definition) is 6. The molecule has 2 aromatic rings. The van der Waals surface area contributed by atoms with E-state index in [1.54, 1.807) is 4.68 Å². The number of aromatic nitrogens is 2. The Labute approximate surface area is 212 Å². The quantitative estimate of drug-likeness (QED) is 0.595. The molecule has 2 aliphatic heterocycles. The number of aryl methyl sites for hydroxylation is 1. The Hall–Kier alpha value is -3.80. The SMILES string of the molecule is N#CC1CNCCN1C(=O)c1cc2n(n1)CCCN(C(=O)OCc1cc(C(F)(F)F)cc(C(F)(F)F)c1)C2. The summed E-state index contributed by atoms with van der Waals surface area (Å²) in [5.41, 5.74) is -2.88. The molecule has 204 valence electrons. The predicted molar refractivity (Wildman–Crippen MR) is 117 cm³/mol. The standard InChI is InChI=1S/C23H22F6N6O3/c24-22(25,26)15-6-14(7-16(8-15)23(27,28)29)13-38-21(37)33-3-1-4-35-17(12-33)9-19(32-35)20(36)34-5-2-31-11-18(34)10-30/h6-9,18,31H,1-5,11-13H2. The van der Waals surface area contributed by atoms with E-state index in [-0.39, 0.29) is 24.8 Å². The van der Waals surface area contributed by atoms with Crippen LogP contribution in [0.1, 0.15) is 39.3 Å². The van der Waals surface area contributed by atoms with Gasteiger partial charge in [0.05, 0.1) is 29.4 Å². The highest BCUT2D eigenvalue weighted by atomic mass is 19.4. The lowest BCUT2D eigenvalue weighted by atomic mass is 10.1. The molecule has 15 heteroatoms. The monoisotopic (exact) mass is 544 g/mol. The Balaban J connectivity index is 1.46. The largest absolute Gasteiger partial charge is 0.445 e. The predicted octanol–water partition coefficient (Wildman–Crippen LogP) is 3.40. The number of hydrogen-bond donors (Lipinski definition) is 1. The van der Waals surface area contributed by atoms with Crippen molar-refractivity contribution in [1.29, 1.82) is 5.26 Å². The number of fused-ring (bicyclic) bond motifs is 1. The number of nitrogens with one attached hydrogen (secondary N) is 1. The molecule has 1 aromatic carbocycles. The zero-order chi connectivity index (χ0) is 27.7. The number of carbonyl (C=O) groups is 2. The van der Waals surface area contributed by atoms with Crippen LogP contribution in [0.5, 0.6) is 0 Å². The van der Waals surface area contributed by atoms with Gasteiger partial charge in [-0.25, -0.2) is 4.79 Å². The number of nitrogens with zero attached hydrogens (tertiary/aromatic N) is 5. The first-order valence-electron chi connectivity index (χ1n) is 11.5. The maximum atomic E-state index is 13.1. The molecule has 0 bridgehead atoms. The van der Waals surface area contributed by atoms with Gasteiger partial charge in [0.1, 0.15) is 12.6 Å². The zero-order valence-corrected chi connectivity index (χ0v) is 19.8. The Bertz CT molecular complexity index is 1220. The lowest BCUT2D eigenvalue weighted by Crippen LogP contribution is -2.53. The van der Waals surface area contributed by atoms with Crippen molar-refractivity contribution < 1.29 is 40.7 Å². The number of alkyl halides is 6. The van der Waals surface area contributed by atoms with Crippen LogP contribution >= 0.6 is 0 Å². The molecule has 1 aromatic heterocycles. The number of ether oxygens (including phenoxy) is 1. The molecule has 2 amide bonds. The van der Waals surface area contributed by atoms with Crippen molar-refractivity contribution >= 4 is 12.0 Å². The van der Waals surface area contributed by atoms with Crippen LogP contribution in [0.4, 0.5) is 31.1 Å². The number of amides is 2. The van der Waals surface area contributed by atoms with Crippen molar-refractivity contribution in [3.8, 4) is 6.07 Å².